The lowest BCUT2D eigenvalue weighted by Crippen LogP contribution is -2.08. The van der Waals surface area contributed by atoms with Gasteiger partial charge in [0.25, 0.3) is 0 Å². The Kier molecular flexibility index (Phi) is 4.38. The fourth-order valence-electron chi connectivity index (χ4n) is 1.75. The first kappa shape index (κ1) is 13.1. The van der Waals surface area contributed by atoms with E-state index in [1.54, 1.807) is 0 Å². The Morgan fingerprint density at radius 2 is 2.06 bits per heavy atom. The zero-order valence-corrected chi connectivity index (χ0v) is 11.3. The number of thioether (sulfide) groups is 1. The van der Waals surface area contributed by atoms with E-state index in [0.29, 0.717) is 11.1 Å². The van der Waals surface area contributed by atoms with E-state index in [0.717, 1.165) is 35.4 Å². The molecule has 0 radical (unpaired) electrons. The van der Waals surface area contributed by atoms with Gasteiger partial charge in [-0.2, -0.15) is 11.8 Å². The number of aromatic nitrogens is 2. The highest BCUT2D eigenvalue weighted by Gasteiger charge is 2.07. The molecule has 0 aliphatic heterocycles. The van der Waals surface area contributed by atoms with E-state index < -0.39 is 0 Å². The number of hydrogen-bond acceptors (Lipinski definition) is 5. The number of hydrogen-bond donors (Lipinski definition) is 2. The van der Waals surface area contributed by atoms with E-state index in [9.17, 15) is 0 Å². The molecule has 4 nitrogen and oxygen atoms in total. The number of nitrogens with zero attached hydrogens (tertiary/aromatic N) is 2. The van der Waals surface area contributed by atoms with E-state index in [2.05, 4.69) is 16.9 Å². The van der Waals surface area contributed by atoms with Gasteiger partial charge in [-0.3, -0.25) is 0 Å². The lowest BCUT2D eigenvalue weighted by molar-refractivity contribution is 0.821. The highest BCUT2D eigenvalue weighted by Crippen LogP contribution is 2.21. The molecule has 1 aromatic heterocycles. The molecular weight excluding hydrogens is 244 g/mol. The number of anilines is 1. The summed E-state index contributed by atoms with van der Waals surface area (Å²) in [6, 6.07) is 7.81. The van der Waals surface area contributed by atoms with Crippen LogP contribution in [0.2, 0.25) is 0 Å². The molecule has 1 aromatic carbocycles. The first-order valence-corrected chi connectivity index (χ1v) is 7.08. The molecule has 96 valence electrons. The van der Waals surface area contributed by atoms with Crippen molar-refractivity contribution in [1.29, 1.82) is 0 Å². The summed E-state index contributed by atoms with van der Waals surface area (Å²) in [5.41, 5.74) is 12.4. The van der Waals surface area contributed by atoms with E-state index in [1.165, 1.54) is 0 Å². The van der Waals surface area contributed by atoms with Gasteiger partial charge in [0.15, 0.2) is 0 Å². The van der Waals surface area contributed by atoms with Crippen LogP contribution in [0.25, 0.3) is 10.9 Å². The van der Waals surface area contributed by atoms with Gasteiger partial charge in [0.2, 0.25) is 0 Å². The van der Waals surface area contributed by atoms with E-state index >= 15 is 0 Å². The maximum Gasteiger partial charge on any atom is 0.141 e. The maximum absolute atomic E-state index is 5.94. The van der Waals surface area contributed by atoms with Crippen molar-refractivity contribution in [1.82, 2.24) is 9.97 Å². The zero-order valence-electron chi connectivity index (χ0n) is 10.5. The molecule has 0 saturated heterocycles. The number of rotatable bonds is 5. The van der Waals surface area contributed by atoms with Crippen molar-refractivity contribution in [2.75, 3.05) is 12.3 Å². The first-order chi connectivity index (χ1) is 8.70. The molecule has 0 saturated carbocycles. The van der Waals surface area contributed by atoms with Crippen LogP contribution < -0.4 is 11.5 Å². The fraction of sp³-hybridized carbons (Fsp3) is 0.385. The van der Waals surface area contributed by atoms with Gasteiger partial charge in [0.1, 0.15) is 11.6 Å². The average Bonchev–Trinajstić information content (AvgIpc) is 2.37. The van der Waals surface area contributed by atoms with Crippen LogP contribution in [0.3, 0.4) is 0 Å². The van der Waals surface area contributed by atoms with Crippen molar-refractivity contribution in [3.05, 3.63) is 30.1 Å². The fourth-order valence-corrected chi connectivity index (χ4v) is 2.62. The second-order valence-corrected chi connectivity index (χ2v) is 5.67. The average molecular weight is 262 g/mol. The molecule has 0 spiro atoms. The van der Waals surface area contributed by atoms with Crippen molar-refractivity contribution in [2.24, 2.45) is 5.73 Å². The Hall–Kier alpha value is -1.33. The SMILES string of the molecule is CC(CCN)SCc1nc(N)c2ccccc2n1. The molecule has 0 fully saturated rings. The first-order valence-electron chi connectivity index (χ1n) is 6.03. The van der Waals surface area contributed by atoms with Crippen LogP contribution >= 0.6 is 11.8 Å². The topological polar surface area (TPSA) is 77.8 Å². The minimum atomic E-state index is 0.520. The Labute approximate surface area is 111 Å². The van der Waals surface area contributed by atoms with Crippen molar-refractivity contribution in [3.63, 3.8) is 0 Å². The summed E-state index contributed by atoms with van der Waals surface area (Å²) in [5.74, 6) is 2.12. The lowest BCUT2D eigenvalue weighted by Gasteiger charge is -2.09. The number of nitrogen functional groups attached to an aromatic ring is 1. The van der Waals surface area contributed by atoms with Gasteiger partial charge >= 0.3 is 0 Å². The normalized spacial score (nSPS) is 12.8. The van der Waals surface area contributed by atoms with Crippen molar-refractivity contribution < 1.29 is 0 Å². The van der Waals surface area contributed by atoms with Crippen LogP contribution in [0.5, 0.6) is 0 Å². The van der Waals surface area contributed by atoms with Gasteiger partial charge in [-0.05, 0) is 25.1 Å². The van der Waals surface area contributed by atoms with Gasteiger partial charge in [-0.15, -0.1) is 0 Å². The summed E-state index contributed by atoms with van der Waals surface area (Å²) < 4.78 is 0. The highest BCUT2D eigenvalue weighted by molar-refractivity contribution is 7.99. The molecule has 1 atom stereocenters. The Morgan fingerprint density at radius 3 is 2.83 bits per heavy atom. The lowest BCUT2D eigenvalue weighted by atomic mass is 10.2. The highest BCUT2D eigenvalue weighted by atomic mass is 32.2. The molecule has 18 heavy (non-hydrogen) atoms. The monoisotopic (exact) mass is 262 g/mol. The minimum absolute atomic E-state index is 0.520. The van der Waals surface area contributed by atoms with Gasteiger partial charge < -0.3 is 11.5 Å². The van der Waals surface area contributed by atoms with Crippen molar-refractivity contribution >= 4 is 28.5 Å². The van der Waals surface area contributed by atoms with Crippen LogP contribution in [0.15, 0.2) is 24.3 Å². The Balaban J connectivity index is 2.14. The Morgan fingerprint density at radius 1 is 1.28 bits per heavy atom. The second-order valence-electron chi connectivity index (χ2n) is 4.24. The molecule has 0 aliphatic carbocycles. The minimum Gasteiger partial charge on any atom is -0.383 e. The number of benzene rings is 1. The zero-order chi connectivity index (χ0) is 13.0. The van der Waals surface area contributed by atoms with E-state index in [-0.39, 0.29) is 0 Å². The molecule has 0 amide bonds. The summed E-state index contributed by atoms with van der Waals surface area (Å²) in [4.78, 5) is 8.87. The van der Waals surface area contributed by atoms with E-state index in [1.807, 2.05) is 36.0 Å². The molecule has 1 heterocycles. The summed E-state index contributed by atoms with van der Waals surface area (Å²) in [7, 11) is 0. The van der Waals surface area contributed by atoms with E-state index in [4.69, 9.17) is 11.5 Å². The van der Waals surface area contributed by atoms with Crippen LogP contribution in [-0.2, 0) is 5.75 Å². The van der Waals surface area contributed by atoms with Gasteiger partial charge in [-0.1, -0.05) is 19.1 Å². The summed E-state index contributed by atoms with van der Waals surface area (Å²) in [6.45, 7) is 2.89. The number of nitrogens with two attached hydrogens (primary N) is 2. The quantitative estimate of drug-likeness (QED) is 0.863. The number of fused-ring (bicyclic) bond motifs is 1. The Bertz CT molecular complexity index is 529. The third-order valence-corrected chi connectivity index (χ3v) is 3.98. The third kappa shape index (κ3) is 3.11. The summed E-state index contributed by atoms with van der Waals surface area (Å²) >= 11 is 1.81. The molecule has 1 unspecified atom stereocenters. The largest absolute Gasteiger partial charge is 0.383 e. The summed E-state index contributed by atoms with van der Waals surface area (Å²) in [6.07, 6.45) is 1.01. The summed E-state index contributed by atoms with van der Waals surface area (Å²) in [5, 5.41) is 1.44. The smallest absolute Gasteiger partial charge is 0.141 e. The van der Waals surface area contributed by atoms with Gasteiger partial charge in [-0.25, -0.2) is 9.97 Å². The molecule has 4 N–H and O–H groups in total. The third-order valence-electron chi connectivity index (χ3n) is 2.75. The van der Waals surface area contributed by atoms with Crippen LogP contribution in [-0.4, -0.2) is 21.8 Å². The van der Waals surface area contributed by atoms with Crippen LogP contribution in [0.1, 0.15) is 19.2 Å². The van der Waals surface area contributed by atoms with Crippen molar-refractivity contribution in [2.45, 2.75) is 24.3 Å². The molecular formula is C13H18N4S. The maximum atomic E-state index is 5.94. The molecule has 2 rings (SSSR count). The molecule has 5 heteroatoms. The molecule has 0 aliphatic rings. The van der Waals surface area contributed by atoms with Gasteiger partial charge in [0.05, 0.1) is 11.3 Å². The van der Waals surface area contributed by atoms with Crippen molar-refractivity contribution in [3.8, 4) is 0 Å². The second kappa shape index (κ2) is 6.02. The molecule has 0 bridgehead atoms. The van der Waals surface area contributed by atoms with Gasteiger partial charge in [0, 0.05) is 10.6 Å². The van der Waals surface area contributed by atoms with Crippen LogP contribution in [0, 0.1) is 0 Å². The predicted octanol–water partition coefficient (Wildman–Crippen LogP) is 2.18. The number of para-hydroxylation sites is 1. The van der Waals surface area contributed by atoms with Crippen LogP contribution in [0.4, 0.5) is 5.82 Å². The predicted molar refractivity (Wildman–Crippen MR) is 78.4 cm³/mol. The standard InChI is InChI=1S/C13H18N4S/c1-9(6-7-14)18-8-12-16-11-5-3-2-4-10(11)13(15)17-12/h2-5,9H,6-8,14H2,1H3,(H2,15,16,17). The molecule has 2 aromatic rings.